The topological polar surface area (TPSA) is 49.6 Å². The van der Waals surface area contributed by atoms with Crippen molar-refractivity contribution in [1.29, 1.82) is 5.26 Å². The van der Waals surface area contributed by atoms with Crippen molar-refractivity contribution in [2.24, 2.45) is 0 Å². The SMILES string of the molecule is Cc1nc2ccccc2nc1SCc1ccccc1C#N. The second-order valence-corrected chi connectivity index (χ2v) is 5.62. The van der Waals surface area contributed by atoms with Gasteiger partial charge in [0, 0.05) is 5.75 Å². The molecule has 0 spiro atoms. The van der Waals surface area contributed by atoms with E-state index in [0.717, 1.165) is 38.6 Å². The maximum absolute atomic E-state index is 9.12. The quantitative estimate of drug-likeness (QED) is 0.682. The van der Waals surface area contributed by atoms with Crippen molar-refractivity contribution in [3.8, 4) is 6.07 Å². The number of hydrogen-bond donors (Lipinski definition) is 0. The monoisotopic (exact) mass is 291 g/mol. The molecule has 1 heterocycles. The van der Waals surface area contributed by atoms with Crippen LogP contribution in [0, 0.1) is 18.3 Å². The number of para-hydroxylation sites is 2. The summed E-state index contributed by atoms with van der Waals surface area (Å²) in [6.45, 7) is 1.97. The summed E-state index contributed by atoms with van der Waals surface area (Å²) in [5, 5.41) is 10.0. The Kier molecular flexibility index (Phi) is 3.85. The highest BCUT2D eigenvalue weighted by molar-refractivity contribution is 7.98. The summed E-state index contributed by atoms with van der Waals surface area (Å²) in [5.41, 5.74) is 4.49. The molecule has 21 heavy (non-hydrogen) atoms. The maximum atomic E-state index is 9.12. The molecule has 0 aliphatic heterocycles. The standard InChI is InChI=1S/C17H13N3S/c1-12-17(20-16-9-5-4-8-15(16)19-12)21-11-14-7-3-2-6-13(14)10-18/h2-9H,11H2,1H3. The normalized spacial score (nSPS) is 10.5. The first-order valence-electron chi connectivity index (χ1n) is 6.62. The highest BCUT2D eigenvalue weighted by Gasteiger charge is 2.07. The van der Waals surface area contributed by atoms with Crippen molar-refractivity contribution in [3.63, 3.8) is 0 Å². The summed E-state index contributed by atoms with van der Waals surface area (Å²) >= 11 is 1.62. The van der Waals surface area contributed by atoms with Gasteiger partial charge in [-0.1, -0.05) is 42.1 Å². The Morgan fingerprint density at radius 1 is 1.00 bits per heavy atom. The fourth-order valence-electron chi connectivity index (χ4n) is 2.11. The van der Waals surface area contributed by atoms with Crippen LogP contribution in [-0.2, 0) is 5.75 Å². The molecule has 102 valence electrons. The first-order chi connectivity index (χ1) is 10.3. The van der Waals surface area contributed by atoms with Crippen LogP contribution in [-0.4, -0.2) is 9.97 Å². The molecular weight excluding hydrogens is 278 g/mol. The molecule has 0 bridgehead atoms. The largest absolute Gasteiger partial charge is 0.249 e. The fourth-order valence-corrected chi connectivity index (χ4v) is 3.07. The van der Waals surface area contributed by atoms with Gasteiger partial charge in [-0.3, -0.25) is 0 Å². The zero-order valence-corrected chi connectivity index (χ0v) is 12.4. The molecule has 0 N–H and O–H groups in total. The van der Waals surface area contributed by atoms with Gasteiger partial charge >= 0.3 is 0 Å². The van der Waals surface area contributed by atoms with Crippen LogP contribution >= 0.6 is 11.8 Å². The van der Waals surface area contributed by atoms with Crippen molar-refractivity contribution >= 4 is 22.8 Å². The molecule has 0 atom stereocenters. The molecule has 3 rings (SSSR count). The zero-order chi connectivity index (χ0) is 14.7. The summed E-state index contributed by atoms with van der Waals surface area (Å²) in [4.78, 5) is 9.25. The Balaban J connectivity index is 1.88. The molecular formula is C17H13N3S. The Bertz CT molecular complexity index is 837. The van der Waals surface area contributed by atoms with Crippen LogP contribution < -0.4 is 0 Å². The van der Waals surface area contributed by atoms with Gasteiger partial charge in [0.15, 0.2) is 0 Å². The van der Waals surface area contributed by atoms with Gasteiger partial charge in [-0.2, -0.15) is 5.26 Å². The van der Waals surface area contributed by atoms with E-state index >= 15 is 0 Å². The predicted molar refractivity (Wildman–Crippen MR) is 85.0 cm³/mol. The van der Waals surface area contributed by atoms with Crippen LogP contribution in [0.15, 0.2) is 53.6 Å². The number of thioether (sulfide) groups is 1. The van der Waals surface area contributed by atoms with Crippen LogP contribution in [0.3, 0.4) is 0 Å². The van der Waals surface area contributed by atoms with Gasteiger partial charge in [0.25, 0.3) is 0 Å². The molecule has 3 aromatic rings. The summed E-state index contributed by atoms with van der Waals surface area (Å²) in [7, 11) is 0. The average molecular weight is 291 g/mol. The maximum Gasteiger partial charge on any atom is 0.118 e. The van der Waals surface area contributed by atoms with E-state index < -0.39 is 0 Å². The van der Waals surface area contributed by atoms with Gasteiger partial charge in [-0.15, -0.1) is 0 Å². The summed E-state index contributed by atoms with van der Waals surface area (Å²) < 4.78 is 0. The van der Waals surface area contributed by atoms with Gasteiger partial charge < -0.3 is 0 Å². The molecule has 0 fully saturated rings. The summed E-state index contributed by atoms with van der Waals surface area (Å²) in [6.07, 6.45) is 0. The lowest BCUT2D eigenvalue weighted by molar-refractivity contribution is 1.04. The van der Waals surface area contributed by atoms with Crippen LogP contribution in [0.1, 0.15) is 16.8 Å². The van der Waals surface area contributed by atoms with Crippen LogP contribution in [0.25, 0.3) is 11.0 Å². The molecule has 0 radical (unpaired) electrons. The highest BCUT2D eigenvalue weighted by atomic mass is 32.2. The van der Waals surface area contributed by atoms with Crippen molar-refractivity contribution in [1.82, 2.24) is 9.97 Å². The summed E-state index contributed by atoms with van der Waals surface area (Å²) in [5.74, 6) is 0.720. The Labute approximate surface area is 127 Å². The van der Waals surface area contributed by atoms with E-state index in [4.69, 9.17) is 5.26 Å². The van der Waals surface area contributed by atoms with Gasteiger partial charge in [0.2, 0.25) is 0 Å². The minimum Gasteiger partial charge on any atom is -0.249 e. The van der Waals surface area contributed by atoms with Crippen molar-refractivity contribution < 1.29 is 0 Å². The predicted octanol–water partition coefficient (Wildman–Crippen LogP) is 4.10. The lowest BCUT2D eigenvalue weighted by atomic mass is 10.1. The second kappa shape index (κ2) is 5.94. The highest BCUT2D eigenvalue weighted by Crippen LogP contribution is 2.26. The third-order valence-electron chi connectivity index (χ3n) is 3.20. The number of aryl methyl sites for hydroxylation is 1. The number of nitrogens with zero attached hydrogens (tertiary/aromatic N) is 3. The van der Waals surface area contributed by atoms with Crippen molar-refractivity contribution in [2.45, 2.75) is 17.7 Å². The molecule has 0 aliphatic rings. The molecule has 0 saturated carbocycles. The molecule has 0 saturated heterocycles. The Morgan fingerprint density at radius 3 is 2.43 bits per heavy atom. The van der Waals surface area contributed by atoms with E-state index in [-0.39, 0.29) is 0 Å². The first kappa shape index (κ1) is 13.6. The molecule has 0 unspecified atom stereocenters. The Hall–Kier alpha value is -2.38. The fraction of sp³-hybridized carbons (Fsp3) is 0.118. The van der Waals surface area contributed by atoms with Gasteiger partial charge in [0.1, 0.15) is 5.03 Å². The third kappa shape index (κ3) is 2.88. The van der Waals surface area contributed by atoms with E-state index in [2.05, 4.69) is 16.0 Å². The van der Waals surface area contributed by atoms with Crippen molar-refractivity contribution in [3.05, 3.63) is 65.4 Å². The number of nitriles is 1. The molecule has 3 nitrogen and oxygen atoms in total. The van der Waals surface area contributed by atoms with Crippen molar-refractivity contribution in [2.75, 3.05) is 0 Å². The lowest BCUT2D eigenvalue weighted by Gasteiger charge is -2.07. The van der Waals surface area contributed by atoms with Gasteiger partial charge in [-0.05, 0) is 30.7 Å². The lowest BCUT2D eigenvalue weighted by Crippen LogP contribution is -1.94. The molecule has 0 amide bonds. The molecule has 1 aromatic heterocycles. The van der Waals surface area contributed by atoms with E-state index in [1.807, 2.05) is 55.5 Å². The minimum absolute atomic E-state index is 0.719. The number of benzene rings is 2. The van der Waals surface area contributed by atoms with E-state index in [1.54, 1.807) is 11.8 Å². The zero-order valence-electron chi connectivity index (χ0n) is 11.6. The van der Waals surface area contributed by atoms with Crippen LogP contribution in [0.5, 0.6) is 0 Å². The smallest absolute Gasteiger partial charge is 0.118 e. The number of hydrogen-bond acceptors (Lipinski definition) is 4. The molecule has 2 aromatic carbocycles. The molecule has 4 heteroatoms. The first-order valence-corrected chi connectivity index (χ1v) is 7.60. The molecule has 0 aliphatic carbocycles. The van der Waals surface area contributed by atoms with Crippen LogP contribution in [0.2, 0.25) is 0 Å². The second-order valence-electron chi connectivity index (χ2n) is 4.66. The Morgan fingerprint density at radius 2 is 1.67 bits per heavy atom. The minimum atomic E-state index is 0.719. The number of aromatic nitrogens is 2. The number of fused-ring (bicyclic) bond motifs is 1. The van der Waals surface area contributed by atoms with Crippen LogP contribution in [0.4, 0.5) is 0 Å². The van der Waals surface area contributed by atoms with E-state index in [0.29, 0.717) is 0 Å². The number of rotatable bonds is 3. The van der Waals surface area contributed by atoms with E-state index in [1.165, 1.54) is 0 Å². The average Bonchev–Trinajstić information content (AvgIpc) is 2.53. The summed E-state index contributed by atoms with van der Waals surface area (Å²) in [6, 6.07) is 17.8. The van der Waals surface area contributed by atoms with Gasteiger partial charge in [0.05, 0.1) is 28.4 Å². The van der Waals surface area contributed by atoms with Gasteiger partial charge in [-0.25, -0.2) is 9.97 Å². The third-order valence-corrected chi connectivity index (χ3v) is 4.32. The van der Waals surface area contributed by atoms with E-state index in [9.17, 15) is 0 Å².